The van der Waals surface area contributed by atoms with Crippen molar-refractivity contribution < 1.29 is 36.2 Å². The molecule has 0 aliphatic carbocycles. The third-order valence-corrected chi connectivity index (χ3v) is 6.38. The standard InChI is InChI=1S/C21H16ClF3N2O5S/c1-13-10-16(22)11-26-19(13)27(12-14-2-6-17(7-3-14)32-21(23,24)25)33(30,31)18-8-4-15(5-9-18)20(28)29/h2-11H,12H2,1H3,(H,28,29). The molecule has 0 amide bonds. The number of carboxylic acid groups (broad SMARTS) is 1. The fourth-order valence-corrected chi connectivity index (χ4v) is 4.61. The largest absolute Gasteiger partial charge is 0.573 e. The number of ether oxygens (including phenoxy) is 1. The fraction of sp³-hybridized carbons (Fsp3) is 0.143. The summed E-state index contributed by atoms with van der Waals surface area (Å²) in [7, 11) is -4.25. The molecular formula is C21H16ClF3N2O5S. The average Bonchev–Trinajstić information content (AvgIpc) is 2.72. The van der Waals surface area contributed by atoms with Gasteiger partial charge in [-0.25, -0.2) is 22.5 Å². The molecular weight excluding hydrogens is 485 g/mol. The van der Waals surface area contributed by atoms with E-state index in [1.54, 1.807) is 6.92 Å². The van der Waals surface area contributed by atoms with Crippen molar-refractivity contribution in [3.63, 3.8) is 0 Å². The fourth-order valence-electron chi connectivity index (χ4n) is 2.93. The smallest absolute Gasteiger partial charge is 0.478 e. The molecule has 2 aromatic carbocycles. The van der Waals surface area contributed by atoms with Gasteiger partial charge in [0, 0.05) is 6.20 Å². The first-order valence-electron chi connectivity index (χ1n) is 9.20. The summed E-state index contributed by atoms with van der Waals surface area (Å²) in [4.78, 5) is 15.0. The molecule has 0 unspecified atom stereocenters. The molecule has 7 nitrogen and oxygen atoms in total. The van der Waals surface area contributed by atoms with Crippen LogP contribution in [0.2, 0.25) is 5.02 Å². The predicted molar refractivity (Wildman–Crippen MR) is 114 cm³/mol. The van der Waals surface area contributed by atoms with Gasteiger partial charge in [-0.1, -0.05) is 23.7 Å². The molecule has 12 heteroatoms. The average molecular weight is 501 g/mol. The number of halogens is 4. The van der Waals surface area contributed by atoms with Crippen LogP contribution in [0.15, 0.2) is 65.7 Å². The van der Waals surface area contributed by atoms with Gasteiger partial charge in [-0.2, -0.15) is 0 Å². The third-order valence-electron chi connectivity index (χ3n) is 4.43. The Bertz CT molecular complexity index is 1260. The van der Waals surface area contributed by atoms with E-state index in [-0.39, 0.29) is 27.8 Å². The predicted octanol–water partition coefficient (Wildman–Crippen LogP) is 5.04. The van der Waals surface area contributed by atoms with Gasteiger partial charge in [0.25, 0.3) is 10.0 Å². The summed E-state index contributed by atoms with van der Waals surface area (Å²) in [5, 5.41) is 9.34. The maximum Gasteiger partial charge on any atom is 0.573 e. The SMILES string of the molecule is Cc1cc(Cl)cnc1N(Cc1ccc(OC(F)(F)F)cc1)S(=O)(=O)c1ccc(C(=O)O)cc1. The van der Waals surface area contributed by atoms with Crippen LogP contribution in [0.5, 0.6) is 5.75 Å². The van der Waals surface area contributed by atoms with Crippen LogP contribution >= 0.6 is 11.6 Å². The number of alkyl halides is 3. The number of anilines is 1. The Labute approximate surface area is 192 Å². The summed E-state index contributed by atoms with van der Waals surface area (Å²) in [5.74, 6) is -1.62. The molecule has 1 aromatic heterocycles. The maximum atomic E-state index is 13.4. The number of benzene rings is 2. The van der Waals surface area contributed by atoms with Crippen LogP contribution in [0.4, 0.5) is 19.0 Å². The quantitative estimate of drug-likeness (QED) is 0.488. The van der Waals surface area contributed by atoms with Gasteiger partial charge < -0.3 is 9.84 Å². The minimum absolute atomic E-state index is 0.0531. The molecule has 0 aliphatic rings. The van der Waals surface area contributed by atoms with E-state index in [2.05, 4.69) is 9.72 Å². The molecule has 1 N–H and O–H groups in total. The van der Waals surface area contributed by atoms with E-state index < -0.39 is 28.1 Å². The molecule has 0 fully saturated rings. The van der Waals surface area contributed by atoms with Crippen molar-refractivity contribution in [1.82, 2.24) is 4.98 Å². The lowest BCUT2D eigenvalue weighted by molar-refractivity contribution is -0.274. The van der Waals surface area contributed by atoms with Crippen molar-refractivity contribution in [3.05, 3.63) is 82.5 Å². The summed E-state index contributed by atoms with van der Waals surface area (Å²) in [6, 6.07) is 10.8. The summed E-state index contributed by atoms with van der Waals surface area (Å²) in [5.41, 5.74) is 0.693. The maximum absolute atomic E-state index is 13.4. The third kappa shape index (κ3) is 5.93. The molecule has 33 heavy (non-hydrogen) atoms. The van der Waals surface area contributed by atoms with Gasteiger partial charge in [0.1, 0.15) is 11.6 Å². The van der Waals surface area contributed by atoms with Crippen LogP contribution in [-0.4, -0.2) is 30.8 Å². The zero-order valence-corrected chi connectivity index (χ0v) is 18.4. The van der Waals surface area contributed by atoms with Gasteiger partial charge in [-0.3, -0.25) is 0 Å². The second-order valence-electron chi connectivity index (χ2n) is 6.83. The lowest BCUT2D eigenvalue weighted by atomic mass is 10.2. The van der Waals surface area contributed by atoms with Crippen LogP contribution in [0.3, 0.4) is 0 Å². The molecule has 0 spiro atoms. The Morgan fingerprint density at radius 1 is 1.12 bits per heavy atom. The first kappa shape index (κ1) is 24.3. The van der Waals surface area contributed by atoms with Crippen molar-refractivity contribution in [2.75, 3.05) is 4.31 Å². The molecule has 0 saturated heterocycles. The molecule has 0 bridgehead atoms. The van der Waals surface area contributed by atoms with E-state index in [0.717, 1.165) is 40.7 Å². The number of hydrogen-bond donors (Lipinski definition) is 1. The highest BCUT2D eigenvalue weighted by Gasteiger charge is 2.31. The van der Waals surface area contributed by atoms with Gasteiger partial charge in [0.2, 0.25) is 0 Å². The normalized spacial score (nSPS) is 11.8. The van der Waals surface area contributed by atoms with Gasteiger partial charge >= 0.3 is 12.3 Å². The van der Waals surface area contributed by atoms with Gasteiger partial charge in [-0.05, 0) is 60.5 Å². The highest BCUT2D eigenvalue weighted by atomic mass is 35.5. The Hall–Kier alpha value is -3.31. The highest BCUT2D eigenvalue weighted by molar-refractivity contribution is 7.92. The topological polar surface area (TPSA) is 96.8 Å². The summed E-state index contributed by atoms with van der Waals surface area (Å²) < 4.78 is 68.9. The van der Waals surface area contributed by atoms with Crippen molar-refractivity contribution in [2.45, 2.75) is 24.7 Å². The number of carboxylic acids is 1. The van der Waals surface area contributed by atoms with E-state index in [4.69, 9.17) is 16.7 Å². The molecule has 174 valence electrons. The second kappa shape index (κ2) is 9.28. The van der Waals surface area contributed by atoms with Crippen LogP contribution in [0, 0.1) is 6.92 Å². The summed E-state index contributed by atoms with van der Waals surface area (Å²) >= 11 is 5.94. The number of rotatable bonds is 7. The Morgan fingerprint density at radius 3 is 2.24 bits per heavy atom. The Balaban J connectivity index is 2.02. The van der Waals surface area contributed by atoms with E-state index in [1.165, 1.54) is 24.4 Å². The van der Waals surface area contributed by atoms with Crippen molar-refractivity contribution in [3.8, 4) is 5.75 Å². The number of aromatic nitrogens is 1. The number of nitrogens with zero attached hydrogens (tertiary/aromatic N) is 2. The van der Waals surface area contributed by atoms with Crippen LogP contribution in [-0.2, 0) is 16.6 Å². The van der Waals surface area contributed by atoms with E-state index in [1.807, 2.05) is 0 Å². The number of sulfonamides is 1. The van der Waals surface area contributed by atoms with E-state index in [0.29, 0.717) is 11.1 Å². The zero-order valence-electron chi connectivity index (χ0n) is 16.9. The van der Waals surface area contributed by atoms with Gasteiger partial charge in [0.05, 0.1) is 22.0 Å². The first-order valence-corrected chi connectivity index (χ1v) is 11.0. The number of aryl methyl sites for hydroxylation is 1. The number of aromatic carboxylic acids is 1. The number of hydrogen-bond acceptors (Lipinski definition) is 5. The van der Waals surface area contributed by atoms with Crippen molar-refractivity contribution in [1.29, 1.82) is 0 Å². The molecule has 0 atom stereocenters. The minimum atomic E-state index is -4.86. The molecule has 3 aromatic rings. The Morgan fingerprint density at radius 2 is 1.73 bits per heavy atom. The molecule has 0 radical (unpaired) electrons. The lowest BCUT2D eigenvalue weighted by Crippen LogP contribution is -2.32. The van der Waals surface area contributed by atoms with E-state index in [9.17, 15) is 26.4 Å². The molecule has 0 saturated carbocycles. The lowest BCUT2D eigenvalue weighted by Gasteiger charge is -2.25. The van der Waals surface area contributed by atoms with Crippen molar-refractivity contribution in [2.24, 2.45) is 0 Å². The van der Waals surface area contributed by atoms with Crippen LogP contribution < -0.4 is 9.04 Å². The monoisotopic (exact) mass is 500 g/mol. The van der Waals surface area contributed by atoms with Gasteiger partial charge in [0.15, 0.2) is 0 Å². The van der Waals surface area contributed by atoms with Crippen LogP contribution in [0.25, 0.3) is 0 Å². The van der Waals surface area contributed by atoms with Gasteiger partial charge in [-0.15, -0.1) is 13.2 Å². The number of pyridine rings is 1. The summed E-state index contributed by atoms with van der Waals surface area (Å²) in [6.45, 7) is 1.33. The minimum Gasteiger partial charge on any atom is -0.478 e. The van der Waals surface area contributed by atoms with Crippen LogP contribution in [0.1, 0.15) is 21.5 Å². The number of carbonyl (C=O) groups is 1. The van der Waals surface area contributed by atoms with E-state index >= 15 is 0 Å². The highest BCUT2D eigenvalue weighted by Crippen LogP contribution is 2.30. The summed E-state index contributed by atoms with van der Waals surface area (Å²) in [6.07, 6.45) is -3.59. The Kier molecular flexibility index (Phi) is 6.84. The molecule has 1 heterocycles. The first-order chi connectivity index (χ1) is 15.4. The zero-order chi connectivity index (χ0) is 24.4. The van der Waals surface area contributed by atoms with Crippen molar-refractivity contribution >= 4 is 33.4 Å². The molecule has 3 rings (SSSR count). The molecule has 0 aliphatic heterocycles. The second-order valence-corrected chi connectivity index (χ2v) is 9.13.